The molecule has 1 N–H and O–H groups in total. The molecule has 1 aromatic heterocycles. The van der Waals surface area contributed by atoms with Crippen LogP contribution in [0.5, 0.6) is 0 Å². The van der Waals surface area contributed by atoms with Crippen molar-refractivity contribution < 1.29 is 27.6 Å². The van der Waals surface area contributed by atoms with Crippen LogP contribution in [0, 0.1) is 19.8 Å². The number of nitrogens with zero attached hydrogens (tertiary/aromatic N) is 3. The predicted molar refractivity (Wildman–Crippen MR) is 82.0 cm³/mol. The number of carboxylic acids is 1. The molecular formula is C14H21N3O6S. The molecule has 2 fully saturated rings. The summed E-state index contributed by atoms with van der Waals surface area (Å²) < 4.78 is 38.3. The highest BCUT2D eigenvalue weighted by Gasteiger charge is 2.42. The molecule has 134 valence electrons. The van der Waals surface area contributed by atoms with Gasteiger partial charge in [-0.15, -0.1) is 0 Å². The van der Waals surface area contributed by atoms with Crippen molar-refractivity contribution in [2.24, 2.45) is 5.92 Å². The van der Waals surface area contributed by atoms with E-state index in [0.717, 1.165) is 0 Å². The number of aryl methyl sites for hydroxylation is 2. The van der Waals surface area contributed by atoms with Crippen molar-refractivity contribution >= 4 is 16.0 Å². The minimum Gasteiger partial charge on any atom is -0.480 e. The maximum Gasteiger partial charge on any atom is 0.317 e. The van der Waals surface area contributed by atoms with Crippen LogP contribution in [0.4, 0.5) is 0 Å². The summed E-state index contributed by atoms with van der Waals surface area (Å²) in [6.07, 6.45) is 0. The zero-order valence-corrected chi connectivity index (χ0v) is 14.5. The van der Waals surface area contributed by atoms with Crippen LogP contribution >= 0.6 is 0 Å². The van der Waals surface area contributed by atoms with Gasteiger partial charge < -0.3 is 14.4 Å². The molecule has 3 rings (SSSR count). The van der Waals surface area contributed by atoms with Crippen LogP contribution in [0.25, 0.3) is 0 Å². The summed E-state index contributed by atoms with van der Waals surface area (Å²) in [5.74, 6) is -0.738. The van der Waals surface area contributed by atoms with Crippen molar-refractivity contribution in [3.05, 3.63) is 11.5 Å². The van der Waals surface area contributed by atoms with Crippen molar-refractivity contribution in [1.82, 2.24) is 14.4 Å². The van der Waals surface area contributed by atoms with Gasteiger partial charge in [0.25, 0.3) is 0 Å². The highest BCUT2D eigenvalue weighted by atomic mass is 32.2. The third kappa shape index (κ3) is 3.18. The van der Waals surface area contributed by atoms with Crippen molar-refractivity contribution in [2.75, 3.05) is 39.4 Å². The van der Waals surface area contributed by atoms with E-state index in [1.807, 2.05) is 0 Å². The predicted octanol–water partition coefficient (Wildman–Crippen LogP) is -0.303. The Morgan fingerprint density at radius 3 is 2.67 bits per heavy atom. The van der Waals surface area contributed by atoms with Gasteiger partial charge in [-0.1, -0.05) is 5.16 Å². The minimum absolute atomic E-state index is 0.0768. The molecule has 2 aliphatic rings. The monoisotopic (exact) mass is 359 g/mol. The molecule has 0 aromatic carbocycles. The van der Waals surface area contributed by atoms with E-state index in [4.69, 9.17) is 14.4 Å². The van der Waals surface area contributed by atoms with E-state index in [0.29, 0.717) is 31.9 Å². The fourth-order valence-corrected chi connectivity index (χ4v) is 5.45. The molecule has 24 heavy (non-hydrogen) atoms. The first-order chi connectivity index (χ1) is 11.3. The van der Waals surface area contributed by atoms with Gasteiger partial charge in [-0.05, 0) is 13.8 Å². The van der Waals surface area contributed by atoms with Crippen LogP contribution in [0.2, 0.25) is 0 Å². The van der Waals surface area contributed by atoms with E-state index in [1.54, 1.807) is 18.7 Å². The van der Waals surface area contributed by atoms with Crippen molar-refractivity contribution in [3.63, 3.8) is 0 Å². The average Bonchev–Trinajstić information content (AvgIpc) is 2.62. The number of hydrogen-bond acceptors (Lipinski definition) is 7. The first-order valence-electron chi connectivity index (χ1n) is 7.75. The van der Waals surface area contributed by atoms with E-state index in [1.165, 1.54) is 4.31 Å². The molecule has 0 radical (unpaired) electrons. The van der Waals surface area contributed by atoms with Crippen LogP contribution in [0.3, 0.4) is 0 Å². The first-order valence-corrected chi connectivity index (χ1v) is 9.19. The summed E-state index contributed by atoms with van der Waals surface area (Å²) in [7, 11) is -3.79. The van der Waals surface area contributed by atoms with Gasteiger partial charge in [-0.25, -0.2) is 8.42 Å². The van der Waals surface area contributed by atoms with Gasteiger partial charge in [0.15, 0.2) is 5.76 Å². The molecule has 2 atom stereocenters. The quantitative estimate of drug-likeness (QED) is 0.779. The van der Waals surface area contributed by atoms with Gasteiger partial charge in [0.1, 0.15) is 10.6 Å². The summed E-state index contributed by atoms with van der Waals surface area (Å²) in [4.78, 5) is 12.9. The van der Waals surface area contributed by atoms with E-state index in [2.05, 4.69) is 5.16 Å². The summed E-state index contributed by atoms with van der Waals surface area (Å²) >= 11 is 0. The molecule has 0 unspecified atom stereocenters. The molecule has 0 aliphatic carbocycles. The Balaban J connectivity index is 1.95. The molecule has 2 bridgehead atoms. The summed E-state index contributed by atoms with van der Waals surface area (Å²) in [6, 6.07) is -0.435. The lowest BCUT2D eigenvalue weighted by molar-refractivity contribution is -0.138. The number of rotatable bonds is 4. The highest BCUT2D eigenvalue weighted by Crippen LogP contribution is 2.29. The van der Waals surface area contributed by atoms with Crippen molar-refractivity contribution in [1.29, 1.82) is 0 Å². The van der Waals surface area contributed by atoms with Gasteiger partial charge in [0, 0.05) is 25.6 Å². The van der Waals surface area contributed by atoms with E-state index >= 15 is 0 Å². The van der Waals surface area contributed by atoms with Gasteiger partial charge in [0.05, 0.1) is 25.8 Å². The average molecular weight is 359 g/mol. The van der Waals surface area contributed by atoms with Crippen LogP contribution in [0.15, 0.2) is 9.42 Å². The Hall–Kier alpha value is -1.49. The molecule has 0 saturated carbocycles. The molecule has 0 amide bonds. The number of aromatic nitrogens is 1. The molecule has 1 aromatic rings. The fraction of sp³-hybridized carbons (Fsp3) is 0.714. The van der Waals surface area contributed by atoms with E-state index < -0.39 is 22.0 Å². The van der Waals surface area contributed by atoms with E-state index in [9.17, 15) is 13.2 Å². The zero-order valence-electron chi connectivity index (χ0n) is 13.6. The largest absolute Gasteiger partial charge is 0.480 e. The Bertz CT molecular complexity index is 711. The van der Waals surface area contributed by atoms with Gasteiger partial charge in [-0.3, -0.25) is 9.69 Å². The standard InChI is InChI=1S/C14H21N3O6S/c1-9-14(10(2)23-15-9)24(20,21)17-4-11-3-16(6-13(18)19)5-12(17)8-22-7-11/h11-12H,3-8H2,1-2H3,(H,18,19)/t11-,12-/m0/s1. The molecule has 9 nitrogen and oxygen atoms in total. The zero-order chi connectivity index (χ0) is 17.5. The third-order valence-electron chi connectivity index (χ3n) is 4.39. The number of fused-ring (bicyclic) bond motifs is 3. The molecular weight excluding hydrogens is 338 g/mol. The Morgan fingerprint density at radius 2 is 2.04 bits per heavy atom. The van der Waals surface area contributed by atoms with Crippen LogP contribution < -0.4 is 0 Å². The Labute approximate surface area is 140 Å². The number of aliphatic carboxylic acids is 1. The Morgan fingerprint density at radius 1 is 1.29 bits per heavy atom. The van der Waals surface area contributed by atoms with Gasteiger partial charge in [-0.2, -0.15) is 4.31 Å². The molecule has 10 heteroatoms. The number of ether oxygens (including phenoxy) is 1. The number of hydrogen-bond donors (Lipinski definition) is 1. The second-order valence-electron chi connectivity index (χ2n) is 6.37. The van der Waals surface area contributed by atoms with Gasteiger partial charge >= 0.3 is 5.97 Å². The second kappa shape index (κ2) is 6.43. The smallest absolute Gasteiger partial charge is 0.317 e. The minimum atomic E-state index is -3.79. The second-order valence-corrected chi connectivity index (χ2v) is 8.20. The third-order valence-corrected chi connectivity index (χ3v) is 6.55. The van der Waals surface area contributed by atoms with Crippen molar-refractivity contribution in [3.8, 4) is 0 Å². The molecule has 2 aliphatic heterocycles. The van der Waals surface area contributed by atoms with Gasteiger partial charge in [0.2, 0.25) is 10.0 Å². The number of carbonyl (C=O) groups is 1. The topological polar surface area (TPSA) is 113 Å². The lowest BCUT2D eigenvalue weighted by Gasteiger charge is -2.29. The SMILES string of the molecule is Cc1noc(C)c1S(=O)(=O)N1C[C@H]2COC[C@@H]1CN(CC(=O)O)C2. The Kier molecular flexibility index (Phi) is 4.65. The normalized spacial score (nSPS) is 26.2. The fourth-order valence-electron chi connectivity index (χ4n) is 3.48. The van der Waals surface area contributed by atoms with E-state index in [-0.39, 0.29) is 29.7 Å². The molecule has 2 saturated heterocycles. The summed E-state index contributed by atoms with van der Waals surface area (Å²) in [5, 5.41) is 12.8. The molecule has 0 spiro atoms. The summed E-state index contributed by atoms with van der Waals surface area (Å²) in [5.41, 5.74) is 0.328. The lowest BCUT2D eigenvalue weighted by atomic mass is 10.1. The molecule has 3 heterocycles. The summed E-state index contributed by atoms with van der Waals surface area (Å²) in [6.45, 7) is 4.85. The maximum absolute atomic E-state index is 13.1. The van der Waals surface area contributed by atoms with Crippen LogP contribution in [0.1, 0.15) is 11.5 Å². The highest BCUT2D eigenvalue weighted by molar-refractivity contribution is 7.89. The lowest BCUT2D eigenvalue weighted by Crippen LogP contribution is -2.47. The first kappa shape index (κ1) is 17.3. The number of sulfonamides is 1. The number of carboxylic acid groups (broad SMARTS) is 1. The van der Waals surface area contributed by atoms with Crippen molar-refractivity contribution in [2.45, 2.75) is 24.8 Å². The maximum atomic E-state index is 13.1. The van der Waals surface area contributed by atoms with Crippen LogP contribution in [-0.2, 0) is 19.6 Å². The van der Waals surface area contributed by atoms with Crippen LogP contribution in [-0.4, -0.2) is 79.3 Å².